The van der Waals surface area contributed by atoms with Crippen LogP contribution in [0.15, 0.2) is 22.7 Å². The second-order valence-electron chi connectivity index (χ2n) is 4.91. The molecular weight excluding hydrogens is 373 g/mol. The van der Waals surface area contributed by atoms with E-state index >= 15 is 0 Å². The lowest BCUT2D eigenvalue weighted by molar-refractivity contribution is 0.540. The summed E-state index contributed by atoms with van der Waals surface area (Å²) in [6.07, 6.45) is 0.808. The van der Waals surface area contributed by atoms with Crippen molar-refractivity contribution in [1.82, 2.24) is 15.1 Å². The van der Waals surface area contributed by atoms with E-state index in [0.29, 0.717) is 10.0 Å². The zero-order valence-corrected chi connectivity index (χ0v) is 15.3. The first-order chi connectivity index (χ1) is 9.96. The van der Waals surface area contributed by atoms with Gasteiger partial charge in [0.05, 0.1) is 15.9 Å². The minimum absolute atomic E-state index is 0.124. The Bertz CT molecular complexity index is 620. The van der Waals surface area contributed by atoms with Crippen molar-refractivity contribution in [1.29, 1.82) is 0 Å². The molecule has 0 aliphatic carbocycles. The van der Waals surface area contributed by atoms with Crippen LogP contribution in [0, 0.1) is 6.92 Å². The van der Waals surface area contributed by atoms with Crippen molar-refractivity contribution in [3.05, 3.63) is 49.7 Å². The molecule has 21 heavy (non-hydrogen) atoms. The number of benzene rings is 1. The van der Waals surface area contributed by atoms with Gasteiger partial charge in [-0.2, -0.15) is 5.10 Å². The maximum Gasteiger partial charge on any atom is 0.0738 e. The number of halogens is 3. The SMILES string of the molecule is CCn1nc(C)c(Br)c1CC(NC)c1cc(Cl)cc(Cl)c1. The highest BCUT2D eigenvalue weighted by Gasteiger charge is 2.18. The van der Waals surface area contributed by atoms with Crippen molar-refractivity contribution in [3.63, 3.8) is 0 Å². The first-order valence-corrected chi connectivity index (χ1v) is 8.36. The molecule has 1 N–H and O–H groups in total. The molecule has 0 aliphatic rings. The van der Waals surface area contributed by atoms with Crippen LogP contribution >= 0.6 is 39.1 Å². The monoisotopic (exact) mass is 389 g/mol. The molecule has 0 fully saturated rings. The van der Waals surface area contributed by atoms with Crippen LogP contribution in [-0.4, -0.2) is 16.8 Å². The van der Waals surface area contributed by atoms with E-state index in [1.54, 1.807) is 6.07 Å². The largest absolute Gasteiger partial charge is 0.313 e. The Hall–Kier alpha value is -0.550. The van der Waals surface area contributed by atoms with E-state index in [2.05, 4.69) is 33.3 Å². The summed E-state index contributed by atoms with van der Waals surface area (Å²) in [5, 5.41) is 9.16. The van der Waals surface area contributed by atoms with Gasteiger partial charge in [-0.3, -0.25) is 4.68 Å². The zero-order valence-electron chi connectivity index (χ0n) is 12.3. The lowest BCUT2D eigenvalue weighted by atomic mass is 10.0. The van der Waals surface area contributed by atoms with Crippen LogP contribution < -0.4 is 5.32 Å². The van der Waals surface area contributed by atoms with Gasteiger partial charge in [0.2, 0.25) is 0 Å². The van der Waals surface area contributed by atoms with Crippen LogP contribution in [0.1, 0.15) is 29.9 Å². The summed E-state index contributed by atoms with van der Waals surface area (Å²) in [6.45, 7) is 4.94. The quantitative estimate of drug-likeness (QED) is 0.795. The number of nitrogens with zero attached hydrogens (tertiary/aromatic N) is 2. The van der Waals surface area contributed by atoms with Gasteiger partial charge in [0.15, 0.2) is 0 Å². The zero-order chi connectivity index (χ0) is 15.6. The van der Waals surface area contributed by atoms with E-state index in [0.717, 1.165) is 28.7 Å². The lowest BCUT2D eigenvalue weighted by Gasteiger charge is -2.18. The van der Waals surface area contributed by atoms with E-state index < -0.39 is 0 Å². The van der Waals surface area contributed by atoms with Gasteiger partial charge >= 0.3 is 0 Å². The molecule has 3 nitrogen and oxygen atoms in total. The van der Waals surface area contributed by atoms with E-state index in [1.807, 2.05) is 30.8 Å². The minimum Gasteiger partial charge on any atom is -0.313 e. The molecule has 2 aromatic rings. The fraction of sp³-hybridized carbons (Fsp3) is 0.400. The van der Waals surface area contributed by atoms with Crippen LogP contribution in [0.2, 0.25) is 10.0 Å². The maximum absolute atomic E-state index is 6.11. The van der Waals surface area contributed by atoms with Crippen molar-refractivity contribution in [2.24, 2.45) is 0 Å². The van der Waals surface area contributed by atoms with Crippen molar-refractivity contribution in [3.8, 4) is 0 Å². The Morgan fingerprint density at radius 3 is 2.43 bits per heavy atom. The third-order valence-electron chi connectivity index (χ3n) is 3.49. The Kier molecular flexibility index (Phi) is 5.72. The number of hydrogen-bond donors (Lipinski definition) is 1. The van der Waals surface area contributed by atoms with Gasteiger partial charge in [0.25, 0.3) is 0 Å². The molecule has 2 rings (SSSR count). The molecule has 0 spiro atoms. The number of nitrogens with one attached hydrogen (secondary N) is 1. The number of aryl methyl sites for hydroxylation is 2. The Morgan fingerprint density at radius 2 is 1.90 bits per heavy atom. The molecule has 1 aromatic heterocycles. The molecule has 0 aliphatic heterocycles. The van der Waals surface area contributed by atoms with Gasteiger partial charge < -0.3 is 5.32 Å². The van der Waals surface area contributed by atoms with Crippen LogP contribution in [-0.2, 0) is 13.0 Å². The van der Waals surface area contributed by atoms with Crippen molar-refractivity contribution < 1.29 is 0 Å². The molecule has 1 atom stereocenters. The predicted molar refractivity (Wildman–Crippen MR) is 92.3 cm³/mol. The first-order valence-electron chi connectivity index (χ1n) is 6.81. The van der Waals surface area contributed by atoms with Crippen LogP contribution in [0.5, 0.6) is 0 Å². The normalized spacial score (nSPS) is 12.7. The second kappa shape index (κ2) is 7.14. The molecule has 1 aromatic carbocycles. The van der Waals surface area contributed by atoms with E-state index in [-0.39, 0.29) is 6.04 Å². The van der Waals surface area contributed by atoms with Gasteiger partial charge in [-0.1, -0.05) is 23.2 Å². The van der Waals surface area contributed by atoms with E-state index in [4.69, 9.17) is 23.2 Å². The molecule has 0 bridgehead atoms. The summed E-state index contributed by atoms with van der Waals surface area (Å²) in [5.74, 6) is 0. The topological polar surface area (TPSA) is 29.9 Å². The summed E-state index contributed by atoms with van der Waals surface area (Å²) in [6, 6.07) is 5.76. The molecule has 0 amide bonds. The highest BCUT2D eigenvalue weighted by atomic mass is 79.9. The standard InChI is InChI=1S/C15H18BrCl2N3/c1-4-21-14(15(16)9(2)20-21)8-13(19-3)10-5-11(17)7-12(18)6-10/h5-7,13,19H,4,8H2,1-3H3. The molecule has 1 heterocycles. The number of likely N-dealkylation sites (N-methyl/N-ethyl adjacent to an activating group) is 1. The van der Waals surface area contributed by atoms with Crippen LogP contribution in [0.25, 0.3) is 0 Å². The van der Waals surface area contributed by atoms with Crippen LogP contribution in [0.3, 0.4) is 0 Å². The first kappa shape index (κ1) is 16.8. The average molecular weight is 391 g/mol. The maximum atomic E-state index is 6.11. The van der Waals surface area contributed by atoms with Gasteiger partial charge in [-0.15, -0.1) is 0 Å². The smallest absolute Gasteiger partial charge is 0.0738 e. The van der Waals surface area contributed by atoms with Crippen molar-refractivity contribution in [2.75, 3.05) is 7.05 Å². The number of aromatic nitrogens is 2. The molecule has 114 valence electrons. The van der Waals surface area contributed by atoms with Crippen molar-refractivity contribution in [2.45, 2.75) is 32.9 Å². The van der Waals surface area contributed by atoms with Crippen LogP contribution in [0.4, 0.5) is 0 Å². The van der Waals surface area contributed by atoms with E-state index in [1.165, 1.54) is 5.69 Å². The fourth-order valence-corrected chi connectivity index (χ4v) is 3.41. The summed E-state index contributed by atoms with van der Waals surface area (Å²) in [5.41, 5.74) is 3.25. The number of rotatable bonds is 5. The second-order valence-corrected chi connectivity index (χ2v) is 6.58. The minimum atomic E-state index is 0.124. The lowest BCUT2D eigenvalue weighted by Crippen LogP contribution is -2.20. The molecule has 0 radical (unpaired) electrons. The molecular formula is C15H18BrCl2N3. The fourth-order valence-electron chi connectivity index (χ4n) is 2.42. The van der Waals surface area contributed by atoms with Gasteiger partial charge in [0, 0.05) is 29.1 Å². The summed E-state index contributed by atoms with van der Waals surface area (Å²) >= 11 is 15.9. The third-order valence-corrected chi connectivity index (χ3v) is 4.95. The molecule has 0 saturated carbocycles. The van der Waals surface area contributed by atoms with E-state index in [9.17, 15) is 0 Å². The Morgan fingerprint density at radius 1 is 1.29 bits per heavy atom. The van der Waals surface area contributed by atoms with Gasteiger partial charge in [-0.25, -0.2) is 0 Å². The summed E-state index contributed by atoms with van der Waals surface area (Å²) in [7, 11) is 1.94. The number of hydrogen-bond acceptors (Lipinski definition) is 2. The molecule has 1 unspecified atom stereocenters. The summed E-state index contributed by atoms with van der Waals surface area (Å²) < 4.78 is 3.09. The van der Waals surface area contributed by atoms with Crippen molar-refractivity contribution >= 4 is 39.1 Å². The third kappa shape index (κ3) is 3.81. The highest BCUT2D eigenvalue weighted by Crippen LogP contribution is 2.29. The predicted octanol–water partition coefficient (Wildman–Crippen LogP) is 4.78. The van der Waals surface area contributed by atoms with Gasteiger partial charge in [0.1, 0.15) is 0 Å². The molecule has 0 saturated heterocycles. The average Bonchev–Trinajstić information content (AvgIpc) is 2.70. The van der Waals surface area contributed by atoms with Gasteiger partial charge in [-0.05, 0) is 60.6 Å². The molecule has 6 heteroatoms. The Labute approximate surface area is 143 Å². The summed E-state index contributed by atoms with van der Waals surface area (Å²) in [4.78, 5) is 0. The Balaban J connectivity index is 2.35. The highest BCUT2D eigenvalue weighted by molar-refractivity contribution is 9.10.